The van der Waals surface area contributed by atoms with Crippen LogP contribution in [0.2, 0.25) is 0 Å². The number of nitrogens with one attached hydrogen (secondary N) is 1. The number of H-pyrrole nitrogens is 1. The number of likely N-dealkylation sites (tertiary alicyclic amines) is 1. The minimum absolute atomic E-state index is 0.191. The Morgan fingerprint density at radius 3 is 2.48 bits per heavy atom. The number of benzene rings is 1. The molecule has 2 aromatic heterocycles. The van der Waals surface area contributed by atoms with Gasteiger partial charge in [-0.2, -0.15) is 0 Å². The summed E-state index contributed by atoms with van der Waals surface area (Å²) in [5.41, 5.74) is 3.57. The van der Waals surface area contributed by atoms with Gasteiger partial charge in [0.25, 0.3) is 0 Å². The number of hydrogen-bond donors (Lipinski definition) is 1. The Morgan fingerprint density at radius 1 is 1.11 bits per heavy atom. The van der Waals surface area contributed by atoms with E-state index in [-0.39, 0.29) is 17.6 Å². The summed E-state index contributed by atoms with van der Waals surface area (Å²) in [5, 5.41) is 0.407. The van der Waals surface area contributed by atoms with Crippen molar-refractivity contribution < 1.29 is 8.78 Å². The van der Waals surface area contributed by atoms with E-state index in [9.17, 15) is 4.39 Å². The zero-order chi connectivity index (χ0) is 19.3. The summed E-state index contributed by atoms with van der Waals surface area (Å²) in [6.07, 6.45) is 2.91. The highest BCUT2D eigenvalue weighted by atomic mass is 19.1. The van der Waals surface area contributed by atoms with Crippen molar-refractivity contribution in [3.8, 4) is 11.1 Å². The smallest absolute Gasteiger partial charge is 0.150 e. The van der Waals surface area contributed by atoms with Crippen molar-refractivity contribution in [3.05, 3.63) is 53.4 Å². The van der Waals surface area contributed by atoms with Gasteiger partial charge in [0.15, 0.2) is 5.82 Å². The molecule has 1 N–H and O–H groups in total. The summed E-state index contributed by atoms with van der Waals surface area (Å²) in [5.74, 6) is 0.392. The van der Waals surface area contributed by atoms with Gasteiger partial charge in [0.2, 0.25) is 0 Å². The molecule has 0 amide bonds. The molecule has 27 heavy (non-hydrogen) atoms. The zero-order valence-electron chi connectivity index (χ0n) is 16.2. The predicted molar refractivity (Wildman–Crippen MR) is 105 cm³/mol. The molecule has 1 aliphatic heterocycles. The Hall–Kier alpha value is -2.27. The third-order valence-corrected chi connectivity index (χ3v) is 5.93. The largest absolute Gasteiger partial charge is 0.343 e. The summed E-state index contributed by atoms with van der Waals surface area (Å²) < 4.78 is 29.6. The number of hydrogen-bond acceptors (Lipinski definition) is 2. The number of piperidine rings is 1. The lowest BCUT2D eigenvalue weighted by Crippen LogP contribution is -2.41. The van der Waals surface area contributed by atoms with Crippen LogP contribution in [0.25, 0.3) is 22.2 Å². The topological polar surface area (TPSA) is 31.9 Å². The molecule has 5 heteroatoms. The number of nitrogens with zero attached hydrogens (tertiary/aromatic N) is 2. The second-order valence-electron chi connectivity index (χ2n) is 8.11. The maximum atomic E-state index is 15.3. The lowest BCUT2D eigenvalue weighted by molar-refractivity contribution is 0.140. The van der Waals surface area contributed by atoms with Gasteiger partial charge in [-0.25, -0.2) is 13.8 Å². The Morgan fingerprint density at radius 2 is 1.81 bits per heavy atom. The molecule has 3 heterocycles. The Balaban J connectivity index is 1.82. The minimum Gasteiger partial charge on any atom is -0.343 e. The molecule has 1 aliphatic rings. The van der Waals surface area contributed by atoms with Crippen LogP contribution in [0, 0.1) is 30.4 Å². The molecule has 0 saturated carbocycles. The van der Waals surface area contributed by atoms with Gasteiger partial charge >= 0.3 is 0 Å². The van der Waals surface area contributed by atoms with E-state index in [0.717, 1.165) is 24.2 Å². The molecule has 1 aromatic carbocycles. The van der Waals surface area contributed by atoms with E-state index in [1.54, 1.807) is 18.3 Å². The molecule has 1 unspecified atom stereocenters. The summed E-state index contributed by atoms with van der Waals surface area (Å²) >= 11 is 0. The first-order valence-electron chi connectivity index (χ1n) is 9.47. The molecule has 1 fully saturated rings. The van der Waals surface area contributed by atoms with Crippen LogP contribution in [-0.2, 0) is 0 Å². The number of fused-ring (bicyclic) bond motifs is 1. The van der Waals surface area contributed by atoms with Gasteiger partial charge in [-0.3, -0.25) is 0 Å². The first kappa shape index (κ1) is 18.1. The van der Waals surface area contributed by atoms with Crippen molar-refractivity contribution in [1.29, 1.82) is 0 Å². The predicted octanol–water partition coefficient (Wildman–Crippen LogP) is 5.12. The van der Waals surface area contributed by atoms with Crippen LogP contribution in [0.3, 0.4) is 0 Å². The first-order chi connectivity index (χ1) is 12.9. The van der Waals surface area contributed by atoms with Gasteiger partial charge in [0.05, 0.1) is 5.39 Å². The van der Waals surface area contributed by atoms with E-state index in [4.69, 9.17) is 0 Å². The van der Waals surface area contributed by atoms with Crippen molar-refractivity contribution in [2.75, 3.05) is 20.1 Å². The molecule has 0 radical (unpaired) electrons. The van der Waals surface area contributed by atoms with Crippen molar-refractivity contribution in [3.63, 3.8) is 0 Å². The number of halogens is 2. The summed E-state index contributed by atoms with van der Waals surface area (Å²) in [6.45, 7) is 8.30. The van der Waals surface area contributed by atoms with Gasteiger partial charge in [0.1, 0.15) is 11.5 Å². The summed E-state index contributed by atoms with van der Waals surface area (Å²) in [7, 11) is 2.12. The van der Waals surface area contributed by atoms with Crippen LogP contribution in [0.1, 0.15) is 30.9 Å². The summed E-state index contributed by atoms with van der Waals surface area (Å²) in [4.78, 5) is 9.29. The van der Waals surface area contributed by atoms with Crippen LogP contribution in [0.5, 0.6) is 0 Å². The summed E-state index contributed by atoms with van der Waals surface area (Å²) in [6, 6.07) is 5.28. The van der Waals surface area contributed by atoms with Crippen LogP contribution in [0.15, 0.2) is 30.6 Å². The van der Waals surface area contributed by atoms with Gasteiger partial charge < -0.3 is 9.88 Å². The SMILES string of the molecule is Cc1cc(-c2ccnc3[nH]cc(F)c23)cc(F)c1C1[C@H](C)CN(C)C[C@@H]1C. The van der Waals surface area contributed by atoms with Crippen molar-refractivity contribution >= 4 is 11.0 Å². The monoisotopic (exact) mass is 369 g/mol. The van der Waals surface area contributed by atoms with Crippen molar-refractivity contribution in [1.82, 2.24) is 14.9 Å². The average molecular weight is 369 g/mol. The van der Waals surface area contributed by atoms with Crippen LogP contribution in [0.4, 0.5) is 8.78 Å². The highest BCUT2D eigenvalue weighted by molar-refractivity contribution is 5.93. The fraction of sp³-hybridized carbons (Fsp3) is 0.409. The van der Waals surface area contributed by atoms with Crippen molar-refractivity contribution in [2.45, 2.75) is 26.7 Å². The third kappa shape index (κ3) is 3.04. The van der Waals surface area contributed by atoms with E-state index in [1.165, 1.54) is 6.20 Å². The Kier molecular flexibility index (Phi) is 4.50. The number of aryl methyl sites for hydroxylation is 1. The number of rotatable bonds is 2. The standard InChI is InChI=1S/C22H25F2N3/c1-12-7-15(16-5-6-25-22-21(16)18(24)9-26-22)8-17(23)20(12)19-13(2)10-27(4)11-14(19)3/h5-9,13-14,19H,10-11H2,1-4H3,(H,25,26)/t13-,14+,19?. The van der Waals surface area contributed by atoms with E-state index < -0.39 is 0 Å². The highest BCUT2D eigenvalue weighted by Crippen LogP contribution is 2.41. The van der Waals surface area contributed by atoms with Gasteiger partial charge in [0, 0.05) is 25.5 Å². The lowest BCUT2D eigenvalue weighted by atomic mass is 9.73. The normalized spacial score (nSPS) is 23.9. The second-order valence-corrected chi connectivity index (χ2v) is 8.11. The minimum atomic E-state index is -0.368. The number of aromatic amines is 1. The number of aromatic nitrogens is 2. The molecule has 142 valence electrons. The van der Waals surface area contributed by atoms with Crippen LogP contribution >= 0.6 is 0 Å². The van der Waals surface area contributed by atoms with Crippen LogP contribution in [-0.4, -0.2) is 35.0 Å². The maximum Gasteiger partial charge on any atom is 0.150 e. The molecule has 0 bridgehead atoms. The van der Waals surface area contributed by atoms with Gasteiger partial charge in [-0.1, -0.05) is 19.9 Å². The van der Waals surface area contributed by atoms with E-state index in [1.807, 2.05) is 13.0 Å². The Bertz CT molecular complexity index is 959. The van der Waals surface area contributed by atoms with Gasteiger partial charge in [-0.15, -0.1) is 0 Å². The molecule has 0 aliphatic carbocycles. The fourth-order valence-corrected chi connectivity index (χ4v) is 5.01. The molecule has 4 rings (SSSR count). The molecular formula is C22H25F2N3. The number of pyridine rings is 1. The zero-order valence-corrected chi connectivity index (χ0v) is 16.2. The Labute approximate surface area is 158 Å². The molecule has 0 spiro atoms. The molecular weight excluding hydrogens is 344 g/mol. The first-order valence-corrected chi connectivity index (χ1v) is 9.47. The quantitative estimate of drug-likeness (QED) is 0.680. The van der Waals surface area contributed by atoms with E-state index in [2.05, 4.69) is 35.8 Å². The van der Waals surface area contributed by atoms with Gasteiger partial charge in [-0.05, 0) is 66.1 Å². The molecule has 3 aromatic rings. The second kappa shape index (κ2) is 6.71. The molecule has 3 atom stereocenters. The highest BCUT2D eigenvalue weighted by Gasteiger charge is 2.34. The molecule has 1 saturated heterocycles. The lowest BCUT2D eigenvalue weighted by Gasteiger charge is -2.40. The van der Waals surface area contributed by atoms with Crippen molar-refractivity contribution in [2.24, 2.45) is 11.8 Å². The maximum absolute atomic E-state index is 15.3. The van der Waals surface area contributed by atoms with E-state index >= 15 is 4.39 Å². The fourth-order valence-electron chi connectivity index (χ4n) is 5.01. The third-order valence-electron chi connectivity index (χ3n) is 5.93. The van der Waals surface area contributed by atoms with Crippen LogP contribution < -0.4 is 0 Å². The molecule has 3 nitrogen and oxygen atoms in total. The average Bonchev–Trinajstić information content (AvgIpc) is 2.98. The van der Waals surface area contributed by atoms with E-state index in [0.29, 0.717) is 34.0 Å².